The van der Waals surface area contributed by atoms with Gasteiger partial charge in [-0.15, -0.1) is 0 Å². The van der Waals surface area contributed by atoms with E-state index in [2.05, 4.69) is 0 Å². The van der Waals surface area contributed by atoms with Crippen molar-refractivity contribution in [2.75, 3.05) is 37.8 Å². The number of rotatable bonds is 4. The van der Waals surface area contributed by atoms with E-state index in [9.17, 15) is 13.2 Å². The predicted molar refractivity (Wildman–Crippen MR) is 89.8 cm³/mol. The largest absolute Gasteiger partial charge is 0.462 e. The summed E-state index contributed by atoms with van der Waals surface area (Å²) in [5.74, 6) is -0.575. The Kier molecular flexibility index (Phi) is 7.81. The molecule has 2 rings (SSSR count). The number of ether oxygens (including phenoxy) is 2. The van der Waals surface area contributed by atoms with Gasteiger partial charge in [0.2, 0.25) is 0 Å². The molecule has 1 aliphatic heterocycles. The zero-order valence-corrected chi connectivity index (χ0v) is 15.1. The smallest absolute Gasteiger partial charge is 0.338 e. The standard InChI is InChI=1S/C13H16ClNO5S.C2H6/c1-2-20-13(16)10-7-11(15-3-5-19-6-4-15)9-12(8-10)21(14,17)18;1-2/h7-9H,2-6H2,1H3;1-2H3. The minimum absolute atomic E-state index is 0.115. The average molecular weight is 364 g/mol. The highest BCUT2D eigenvalue weighted by molar-refractivity contribution is 8.13. The van der Waals surface area contributed by atoms with Crippen LogP contribution in [0.4, 0.5) is 5.69 Å². The maximum Gasteiger partial charge on any atom is 0.338 e. The molecule has 1 heterocycles. The van der Waals surface area contributed by atoms with Gasteiger partial charge in [-0.1, -0.05) is 13.8 Å². The van der Waals surface area contributed by atoms with Crippen LogP contribution in [0.3, 0.4) is 0 Å². The highest BCUT2D eigenvalue weighted by Crippen LogP contribution is 2.25. The summed E-state index contributed by atoms with van der Waals surface area (Å²) in [4.78, 5) is 13.7. The van der Waals surface area contributed by atoms with Crippen molar-refractivity contribution >= 4 is 31.4 Å². The third kappa shape index (κ3) is 5.67. The zero-order valence-electron chi connectivity index (χ0n) is 13.5. The third-order valence-electron chi connectivity index (χ3n) is 3.06. The van der Waals surface area contributed by atoms with E-state index in [0.717, 1.165) is 0 Å². The molecule has 23 heavy (non-hydrogen) atoms. The highest BCUT2D eigenvalue weighted by Gasteiger charge is 2.20. The van der Waals surface area contributed by atoms with Gasteiger partial charge >= 0.3 is 5.97 Å². The SMILES string of the molecule is CC.CCOC(=O)c1cc(N2CCOCC2)cc(S(=O)(=O)Cl)c1. The number of benzene rings is 1. The summed E-state index contributed by atoms with van der Waals surface area (Å²) < 4.78 is 33.3. The first-order valence-corrected chi connectivity index (χ1v) is 9.82. The van der Waals surface area contributed by atoms with Crippen molar-refractivity contribution in [3.05, 3.63) is 23.8 Å². The highest BCUT2D eigenvalue weighted by atomic mass is 35.7. The van der Waals surface area contributed by atoms with Gasteiger partial charge in [-0.3, -0.25) is 0 Å². The van der Waals surface area contributed by atoms with Crippen LogP contribution in [-0.2, 0) is 18.5 Å². The van der Waals surface area contributed by atoms with Crippen LogP contribution in [0.5, 0.6) is 0 Å². The molecule has 0 amide bonds. The van der Waals surface area contributed by atoms with Gasteiger partial charge in [0, 0.05) is 29.5 Å². The van der Waals surface area contributed by atoms with Crippen LogP contribution < -0.4 is 4.90 Å². The molecule has 1 aromatic rings. The van der Waals surface area contributed by atoms with E-state index in [4.69, 9.17) is 20.2 Å². The van der Waals surface area contributed by atoms with Gasteiger partial charge in [0.05, 0.1) is 30.3 Å². The van der Waals surface area contributed by atoms with Gasteiger partial charge in [-0.25, -0.2) is 13.2 Å². The summed E-state index contributed by atoms with van der Waals surface area (Å²) in [5, 5.41) is 0. The molecule has 1 fully saturated rings. The number of esters is 1. The molecular formula is C15H22ClNO5S. The van der Waals surface area contributed by atoms with Crippen molar-refractivity contribution in [1.82, 2.24) is 0 Å². The quantitative estimate of drug-likeness (QED) is 0.605. The second-order valence-corrected chi connectivity index (χ2v) is 7.04. The summed E-state index contributed by atoms with van der Waals surface area (Å²) in [6.07, 6.45) is 0. The fourth-order valence-electron chi connectivity index (χ4n) is 2.06. The van der Waals surface area contributed by atoms with E-state index in [1.165, 1.54) is 12.1 Å². The maximum atomic E-state index is 11.9. The van der Waals surface area contributed by atoms with E-state index in [1.54, 1.807) is 13.0 Å². The lowest BCUT2D eigenvalue weighted by atomic mass is 10.2. The molecule has 0 aromatic heterocycles. The second kappa shape index (κ2) is 9.10. The molecule has 8 heteroatoms. The molecule has 0 bridgehead atoms. The first kappa shape index (κ1) is 19.7. The number of carbonyl (C=O) groups is 1. The van der Waals surface area contributed by atoms with Crippen LogP contribution >= 0.6 is 10.7 Å². The number of morpholine rings is 1. The lowest BCUT2D eigenvalue weighted by Crippen LogP contribution is -2.36. The van der Waals surface area contributed by atoms with Gasteiger partial charge in [0.1, 0.15) is 0 Å². The van der Waals surface area contributed by atoms with Crippen LogP contribution in [0.2, 0.25) is 0 Å². The Hall–Kier alpha value is -1.31. The van der Waals surface area contributed by atoms with Crippen LogP contribution in [0.25, 0.3) is 0 Å². The van der Waals surface area contributed by atoms with E-state index in [-0.39, 0.29) is 17.1 Å². The van der Waals surface area contributed by atoms with Crippen molar-refractivity contribution in [3.8, 4) is 0 Å². The van der Waals surface area contributed by atoms with Gasteiger partial charge in [0.25, 0.3) is 9.05 Å². The Morgan fingerprint density at radius 3 is 2.39 bits per heavy atom. The molecule has 1 saturated heterocycles. The molecule has 0 radical (unpaired) electrons. The topological polar surface area (TPSA) is 72.9 Å². The molecule has 0 aliphatic carbocycles. The lowest BCUT2D eigenvalue weighted by molar-refractivity contribution is 0.0526. The first-order chi connectivity index (χ1) is 10.9. The number of hydrogen-bond donors (Lipinski definition) is 0. The van der Waals surface area contributed by atoms with Gasteiger partial charge < -0.3 is 14.4 Å². The number of nitrogens with zero attached hydrogens (tertiary/aromatic N) is 1. The summed E-state index contributed by atoms with van der Waals surface area (Å²) >= 11 is 0. The van der Waals surface area contributed by atoms with Crippen LogP contribution in [-0.4, -0.2) is 47.3 Å². The Morgan fingerprint density at radius 2 is 1.87 bits per heavy atom. The monoisotopic (exact) mass is 363 g/mol. The number of anilines is 1. The fraction of sp³-hybridized carbons (Fsp3) is 0.533. The predicted octanol–water partition coefficient (Wildman–Crippen LogP) is 2.65. The summed E-state index contributed by atoms with van der Waals surface area (Å²) in [7, 11) is 1.47. The van der Waals surface area contributed by atoms with Gasteiger partial charge in [-0.05, 0) is 25.1 Å². The minimum atomic E-state index is -3.93. The second-order valence-electron chi connectivity index (χ2n) is 4.47. The molecule has 6 nitrogen and oxygen atoms in total. The number of carbonyl (C=O) groups excluding carboxylic acids is 1. The normalized spacial score (nSPS) is 14.7. The Labute approximate surface area is 141 Å². The van der Waals surface area contributed by atoms with E-state index in [0.29, 0.717) is 32.0 Å². The molecule has 0 atom stereocenters. The fourth-order valence-corrected chi connectivity index (χ4v) is 2.86. The first-order valence-electron chi connectivity index (χ1n) is 7.51. The molecule has 0 N–H and O–H groups in total. The van der Waals surface area contributed by atoms with Crippen molar-refractivity contribution in [2.45, 2.75) is 25.7 Å². The lowest BCUT2D eigenvalue weighted by Gasteiger charge is -2.29. The number of hydrogen-bond acceptors (Lipinski definition) is 6. The van der Waals surface area contributed by atoms with Gasteiger partial charge in [0.15, 0.2) is 0 Å². The van der Waals surface area contributed by atoms with E-state index < -0.39 is 15.0 Å². The summed E-state index contributed by atoms with van der Waals surface area (Å²) in [6.45, 7) is 8.23. The molecular weight excluding hydrogens is 342 g/mol. The van der Waals surface area contributed by atoms with Crippen molar-refractivity contribution in [2.24, 2.45) is 0 Å². The molecule has 1 aliphatic rings. The van der Waals surface area contributed by atoms with Crippen LogP contribution in [0.15, 0.2) is 23.1 Å². The van der Waals surface area contributed by atoms with Crippen LogP contribution in [0, 0.1) is 0 Å². The molecule has 1 aromatic carbocycles. The zero-order chi connectivity index (χ0) is 17.5. The number of halogens is 1. The Balaban J connectivity index is 0.00000127. The van der Waals surface area contributed by atoms with Crippen molar-refractivity contribution in [3.63, 3.8) is 0 Å². The Bertz CT molecular complexity index is 627. The Morgan fingerprint density at radius 1 is 1.26 bits per heavy atom. The van der Waals surface area contributed by atoms with Crippen molar-refractivity contribution in [1.29, 1.82) is 0 Å². The van der Waals surface area contributed by atoms with Crippen molar-refractivity contribution < 1.29 is 22.7 Å². The average Bonchev–Trinajstić information content (AvgIpc) is 2.56. The third-order valence-corrected chi connectivity index (χ3v) is 4.39. The van der Waals surface area contributed by atoms with Crippen LogP contribution in [0.1, 0.15) is 31.1 Å². The minimum Gasteiger partial charge on any atom is -0.462 e. The molecule has 0 unspecified atom stereocenters. The summed E-state index contributed by atoms with van der Waals surface area (Å²) in [5.41, 5.74) is 0.781. The summed E-state index contributed by atoms with van der Waals surface area (Å²) in [6, 6.07) is 4.29. The molecule has 130 valence electrons. The van der Waals surface area contributed by atoms with E-state index >= 15 is 0 Å². The van der Waals surface area contributed by atoms with Gasteiger partial charge in [-0.2, -0.15) is 0 Å². The molecule has 0 spiro atoms. The molecule has 0 saturated carbocycles. The maximum absolute atomic E-state index is 11.9. The van der Waals surface area contributed by atoms with E-state index in [1.807, 2.05) is 18.7 Å².